The lowest BCUT2D eigenvalue weighted by Crippen LogP contribution is -2.36. The van der Waals surface area contributed by atoms with Crippen LogP contribution in [0, 0.1) is 0 Å². The largest absolute Gasteiger partial charge is 0.342 e. The van der Waals surface area contributed by atoms with Gasteiger partial charge in [-0.15, -0.1) is 11.3 Å². The minimum absolute atomic E-state index is 0.0189. The molecule has 0 spiro atoms. The fourth-order valence-corrected chi connectivity index (χ4v) is 4.07. The normalized spacial score (nSPS) is 11.3. The monoisotopic (exact) mass is 383 g/mol. The first-order chi connectivity index (χ1) is 13.0. The van der Waals surface area contributed by atoms with Gasteiger partial charge in [0.2, 0.25) is 5.91 Å². The number of carbonyl (C=O) groups is 1. The molecule has 142 valence electrons. The highest BCUT2D eigenvalue weighted by molar-refractivity contribution is 7.17. The van der Waals surface area contributed by atoms with Gasteiger partial charge in [-0.05, 0) is 30.9 Å². The molecule has 0 saturated heterocycles. The first-order valence-corrected chi connectivity index (χ1v) is 10.2. The summed E-state index contributed by atoms with van der Waals surface area (Å²) >= 11 is 1.46. The van der Waals surface area contributed by atoms with Gasteiger partial charge < -0.3 is 4.90 Å². The summed E-state index contributed by atoms with van der Waals surface area (Å²) in [6.07, 6.45) is 1.48. The molecule has 0 aliphatic heterocycles. The standard InChI is InChI=1S/C21H25N3O2S/c1-5-23(6-2)18(25)11-24-13-22-20-19(21(24)26)17(12-27-20)16-9-7-15(8-10-16)14(3)4/h7-10,12-14H,5-6,11H2,1-4H3. The molecule has 6 heteroatoms. The number of hydrogen-bond acceptors (Lipinski definition) is 4. The van der Waals surface area contributed by atoms with Crippen LogP contribution in [0.4, 0.5) is 0 Å². The lowest BCUT2D eigenvalue weighted by molar-refractivity contribution is -0.131. The Balaban J connectivity index is 2.01. The number of rotatable bonds is 6. The van der Waals surface area contributed by atoms with Crippen LogP contribution in [0.1, 0.15) is 39.2 Å². The maximum absolute atomic E-state index is 13.1. The number of aromatic nitrogens is 2. The zero-order valence-corrected chi connectivity index (χ0v) is 17.0. The second-order valence-electron chi connectivity index (χ2n) is 6.85. The van der Waals surface area contributed by atoms with Crippen molar-refractivity contribution in [3.05, 3.63) is 51.9 Å². The van der Waals surface area contributed by atoms with E-state index in [1.807, 2.05) is 19.2 Å². The summed E-state index contributed by atoms with van der Waals surface area (Å²) in [5.41, 5.74) is 2.98. The molecule has 0 atom stereocenters. The topological polar surface area (TPSA) is 55.2 Å². The van der Waals surface area contributed by atoms with Crippen LogP contribution in [0.2, 0.25) is 0 Å². The van der Waals surface area contributed by atoms with Crippen LogP contribution in [0.15, 0.2) is 40.8 Å². The lowest BCUT2D eigenvalue weighted by Gasteiger charge is -2.18. The molecule has 0 saturated carbocycles. The van der Waals surface area contributed by atoms with Crippen LogP contribution in [0.25, 0.3) is 21.3 Å². The van der Waals surface area contributed by atoms with Crippen molar-refractivity contribution in [1.82, 2.24) is 14.5 Å². The van der Waals surface area contributed by atoms with Crippen molar-refractivity contribution in [2.45, 2.75) is 40.2 Å². The Kier molecular flexibility index (Phi) is 5.75. The van der Waals surface area contributed by atoms with Crippen molar-refractivity contribution in [3.8, 4) is 11.1 Å². The van der Waals surface area contributed by atoms with Crippen LogP contribution in [-0.4, -0.2) is 33.4 Å². The molecule has 0 aliphatic carbocycles. The molecule has 0 N–H and O–H groups in total. The Morgan fingerprint density at radius 1 is 1.19 bits per heavy atom. The Hall–Kier alpha value is -2.47. The van der Waals surface area contributed by atoms with Gasteiger partial charge in [0.25, 0.3) is 5.56 Å². The molecule has 3 aromatic rings. The first kappa shape index (κ1) is 19.3. The lowest BCUT2D eigenvalue weighted by atomic mass is 9.99. The molecular weight excluding hydrogens is 358 g/mol. The molecule has 0 aliphatic rings. The highest BCUT2D eigenvalue weighted by atomic mass is 32.1. The maximum atomic E-state index is 13.1. The van der Waals surface area contributed by atoms with Gasteiger partial charge in [-0.2, -0.15) is 0 Å². The van der Waals surface area contributed by atoms with Crippen molar-refractivity contribution in [2.24, 2.45) is 0 Å². The molecule has 27 heavy (non-hydrogen) atoms. The smallest absolute Gasteiger partial charge is 0.263 e. The van der Waals surface area contributed by atoms with Gasteiger partial charge in [0.05, 0.1) is 11.7 Å². The van der Waals surface area contributed by atoms with E-state index in [1.165, 1.54) is 27.8 Å². The predicted molar refractivity (Wildman–Crippen MR) is 111 cm³/mol. The van der Waals surface area contributed by atoms with E-state index in [-0.39, 0.29) is 18.0 Å². The molecule has 5 nitrogen and oxygen atoms in total. The molecule has 3 rings (SSSR count). The van der Waals surface area contributed by atoms with Gasteiger partial charge in [0, 0.05) is 24.0 Å². The van der Waals surface area contributed by atoms with E-state index in [9.17, 15) is 9.59 Å². The fraction of sp³-hybridized carbons (Fsp3) is 0.381. The zero-order valence-electron chi connectivity index (χ0n) is 16.2. The average molecular weight is 384 g/mol. The Labute approximate surface area is 163 Å². The van der Waals surface area contributed by atoms with E-state index in [0.717, 1.165) is 11.1 Å². The first-order valence-electron chi connectivity index (χ1n) is 9.31. The second kappa shape index (κ2) is 8.05. The number of hydrogen-bond donors (Lipinski definition) is 0. The number of nitrogens with zero attached hydrogens (tertiary/aromatic N) is 3. The third-order valence-electron chi connectivity index (χ3n) is 4.87. The van der Waals surface area contributed by atoms with Gasteiger partial charge in [-0.1, -0.05) is 38.1 Å². The molecular formula is C21H25N3O2S. The number of thiophene rings is 1. The molecule has 0 radical (unpaired) electrons. The maximum Gasteiger partial charge on any atom is 0.263 e. The molecule has 1 amide bonds. The van der Waals surface area contributed by atoms with Gasteiger partial charge >= 0.3 is 0 Å². The Morgan fingerprint density at radius 2 is 1.85 bits per heavy atom. The van der Waals surface area contributed by atoms with Crippen molar-refractivity contribution >= 4 is 27.5 Å². The molecule has 0 unspecified atom stereocenters. The van der Waals surface area contributed by atoms with Crippen LogP contribution >= 0.6 is 11.3 Å². The minimum Gasteiger partial charge on any atom is -0.342 e. The summed E-state index contributed by atoms with van der Waals surface area (Å²) in [6.45, 7) is 9.46. The van der Waals surface area contributed by atoms with E-state index in [2.05, 4.69) is 43.1 Å². The van der Waals surface area contributed by atoms with Gasteiger partial charge in [-0.3, -0.25) is 14.2 Å². The molecule has 2 heterocycles. The van der Waals surface area contributed by atoms with Crippen LogP contribution in [-0.2, 0) is 11.3 Å². The third kappa shape index (κ3) is 3.81. The predicted octanol–water partition coefficient (Wildman–Crippen LogP) is 4.12. The van der Waals surface area contributed by atoms with Crippen LogP contribution in [0.3, 0.4) is 0 Å². The Morgan fingerprint density at radius 3 is 2.44 bits per heavy atom. The zero-order chi connectivity index (χ0) is 19.6. The van der Waals surface area contributed by atoms with E-state index in [4.69, 9.17) is 0 Å². The number of amides is 1. The number of likely N-dealkylation sites (N-methyl/N-ethyl adjacent to an activating group) is 1. The molecule has 0 fully saturated rings. The summed E-state index contributed by atoms with van der Waals surface area (Å²) in [5, 5.41) is 2.56. The quantitative estimate of drug-likeness (QED) is 0.643. The van der Waals surface area contributed by atoms with Crippen LogP contribution in [0.5, 0.6) is 0 Å². The van der Waals surface area contributed by atoms with Gasteiger partial charge in [-0.25, -0.2) is 4.98 Å². The summed E-state index contributed by atoms with van der Waals surface area (Å²) in [4.78, 5) is 32.3. The third-order valence-corrected chi connectivity index (χ3v) is 5.76. The van der Waals surface area contributed by atoms with E-state index >= 15 is 0 Å². The number of fused-ring (bicyclic) bond motifs is 1. The van der Waals surface area contributed by atoms with Gasteiger partial charge in [0.1, 0.15) is 11.4 Å². The average Bonchev–Trinajstić information content (AvgIpc) is 3.10. The van der Waals surface area contributed by atoms with Crippen molar-refractivity contribution in [2.75, 3.05) is 13.1 Å². The van der Waals surface area contributed by atoms with Crippen molar-refractivity contribution in [3.63, 3.8) is 0 Å². The summed E-state index contributed by atoms with van der Waals surface area (Å²) in [5.74, 6) is 0.393. The molecule has 0 bridgehead atoms. The number of carbonyl (C=O) groups excluding carboxylic acids is 1. The SMILES string of the molecule is CCN(CC)C(=O)Cn1cnc2scc(-c3ccc(C(C)C)cc3)c2c1=O. The Bertz CT molecular complexity index is 998. The van der Waals surface area contributed by atoms with E-state index < -0.39 is 0 Å². The highest BCUT2D eigenvalue weighted by Gasteiger charge is 2.16. The van der Waals surface area contributed by atoms with Crippen LogP contribution < -0.4 is 5.56 Å². The molecule has 2 aromatic heterocycles. The summed E-state index contributed by atoms with van der Waals surface area (Å²) in [6, 6.07) is 8.30. The molecule has 1 aromatic carbocycles. The van der Waals surface area contributed by atoms with Gasteiger partial charge in [0.15, 0.2) is 0 Å². The van der Waals surface area contributed by atoms with E-state index in [0.29, 0.717) is 29.2 Å². The minimum atomic E-state index is -0.162. The van der Waals surface area contributed by atoms with Crippen molar-refractivity contribution in [1.29, 1.82) is 0 Å². The van der Waals surface area contributed by atoms with E-state index in [1.54, 1.807) is 4.90 Å². The fourth-order valence-electron chi connectivity index (χ4n) is 3.16. The number of benzene rings is 1. The summed E-state index contributed by atoms with van der Waals surface area (Å²) in [7, 11) is 0. The second-order valence-corrected chi connectivity index (χ2v) is 7.71. The summed E-state index contributed by atoms with van der Waals surface area (Å²) < 4.78 is 1.42. The highest BCUT2D eigenvalue weighted by Crippen LogP contribution is 2.31. The van der Waals surface area contributed by atoms with Crippen molar-refractivity contribution < 1.29 is 4.79 Å².